The first kappa shape index (κ1) is 14.0. The third-order valence-corrected chi connectivity index (χ3v) is 3.55. The van der Waals surface area contributed by atoms with Gasteiger partial charge in [-0.1, -0.05) is 6.07 Å². The minimum atomic E-state index is 0.668. The quantitative estimate of drug-likeness (QED) is 0.650. The van der Waals surface area contributed by atoms with E-state index in [-0.39, 0.29) is 0 Å². The summed E-state index contributed by atoms with van der Waals surface area (Å²) in [7, 11) is 0. The summed E-state index contributed by atoms with van der Waals surface area (Å²) in [6.07, 6.45) is 0.867. The van der Waals surface area contributed by atoms with Gasteiger partial charge in [-0.3, -0.25) is 0 Å². The number of halogens is 1. The van der Waals surface area contributed by atoms with Crippen LogP contribution in [0, 0.1) is 0 Å². The Morgan fingerprint density at radius 2 is 2.26 bits per heavy atom. The van der Waals surface area contributed by atoms with Crippen molar-refractivity contribution in [3.05, 3.63) is 22.7 Å². The zero-order valence-electron chi connectivity index (χ0n) is 10.7. The van der Waals surface area contributed by atoms with Gasteiger partial charge in [-0.2, -0.15) is 0 Å². The molecule has 0 saturated carbocycles. The molecular weight excluding hydrogens is 310 g/mol. The number of nitrogens with zero attached hydrogens (tertiary/aromatic N) is 4. The van der Waals surface area contributed by atoms with Crippen LogP contribution in [0.1, 0.15) is 13.3 Å². The third kappa shape index (κ3) is 3.30. The molecule has 0 spiro atoms. The second-order valence-corrected chi connectivity index (χ2v) is 4.78. The largest absolute Gasteiger partial charge is 0.398 e. The van der Waals surface area contributed by atoms with Crippen LogP contribution in [0.3, 0.4) is 0 Å². The van der Waals surface area contributed by atoms with E-state index in [1.165, 1.54) is 0 Å². The molecule has 2 aromatic rings. The SMILES string of the molecule is CCOCCCn1nnnc1-c1cccc(N)c1Br. The first-order chi connectivity index (χ1) is 9.24. The minimum Gasteiger partial charge on any atom is -0.398 e. The summed E-state index contributed by atoms with van der Waals surface area (Å²) < 4.78 is 7.89. The van der Waals surface area contributed by atoms with Gasteiger partial charge in [-0.25, -0.2) is 4.68 Å². The molecule has 2 N–H and O–H groups in total. The van der Waals surface area contributed by atoms with Crippen LogP contribution in [-0.4, -0.2) is 33.4 Å². The molecule has 0 unspecified atom stereocenters. The van der Waals surface area contributed by atoms with Crippen molar-refractivity contribution in [2.24, 2.45) is 0 Å². The molecule has 0 aliphatic heterocycles. The number of benzene rings is 1. The molecule has 19 heavy (non-hydrogen) atoms. The Kier molecular flexibility index (Phi) is 4.86. The highest BCUT2D eigenvalue weighted by molar-refractivity contribution is 9.10. The monoisotopic (exact) mass is 325 g/mol. The lowest BCUT2D eigenvalue weighted by molar-refractivity contribution is 0.140. The number of hydrogen-bond acceptors (Lipinski definition) is 5. The van der Waals surface area contributed by atoms with Gasteiger partial charge in [0.2, 0.25) is 0 Å². The van der Waals surface area contributed by atoms with Crippen molar-refractivity contribution < 1.29 is 4.74 Å². The van der Waals surface area contributed by atoms with Crippen molar-refractivity contribution in [2.75, 3.05) is 18.9 Å². The van der Waals surface area contributed by atoms with Gasteiger partial charge in [0, 0.05) is 31.0 Å². The molecule has 0 atom stereocenters. The summed E-state index contributed by atoms with van der Waals surface area (Å²) in [6, 6.07) is 5.65. The maximum absolute atomic E-state index is 5.87. The second kappa shape index (κ2) is 6.63. The Morgan fingerprint density at radius 3 is 3.05 bits per heavy atom. The molecule has 0 fully saturated rings. The van der Waals surface area contributed by atoms with E-state index in [0.29, 0.717) is 24.7 Å². The maximum Gasteiger partial charge on any atom is 0.183 e. The van der Waals surface area contributed by atoms with E-state index in [1.807, 2.05) is 25.1 Å². The van der Waals surface area contributed by atoms with Crippen molar-refractivity contribution in [1.29, 1.82) is 0 Å². The molecule has 2 rings (SSSR count). The summed E-state index contributed by atoms with van der Waals surface area (Å²) in [4.78, 5) is 0. The second-order valence-electron chi connectivity index (χ2n) is 3.98. The Hall–Kier alpha value is -1.47. The van der Waals surface area contributed by atoms with Gasteiger partial charge in [0.05, 0.1) is 4.47 Å². The Bertz CT molecular complexity index is 543. The maximum atomic E-state index is 5.87. The zero-order chi connectivity index (χ0) is 13.7. The summed E-state index contributed by atoms with van der Waals surface area (Å²) in [5, 5.41) is 11.8. The van der Waals surface area contributed by atoms with Crippen molar-refractivity contribution in [1.82, 2.24) is 20.2 Å². The predicted molar refractivity (Wildman–Crippen MR) is 76.5 cm³/mol. The number of anilines is 1. The van der Waals surface area contributed by atoms with Crippen molar-refractivity contribution >= 4 is 21.6 Å². The number of aromatic nitrogens is 4. The number of tetrazole rings is 1. The van der Waals surface area contributed by atoms with Gasteiger partial charge < -0.3 is 10.5 Å². The van der Waals surface area contributed by atoms with Gasteiger partial charge in [-0.05, 0) is 51.8 Å². The summed E-state index contributed by atoms with van der Waals surface area (Å²) in [6.45, 7) is 4.12. The van der Waals surface area contributed by atoms with Gasteiger partial charge in [0.1, 0.15) is 0 Å². The molecule has 7 heteroatoms. The number of nitrogen functional groups attached to an aromatic ring is 1. The average Bonchev–Trinajstić information content (AvgIpc) is 2.86. The van der Waals surface area contributed by atoms with Crippen LogP contribution in [-0.2, 0) is 11.3 Å². The topological polar surface area (TPSA) is 78.8 Å². The summed E-state index contributed by atoms with van der Waals surface area (Å²) in [5.74, 6) is 0.704. The van der Waals surface area contributed by atoms with E-state index in [4.69, 9.17) is 10.5 Å². The van der Waals surface area contributed by atoms with Gasteiger partial charge in [-0.15, -0.1) is 5.10 Å². The fourth-order valence-electron chi connectivity index (χ4n) is 1.73. The van der Waals surface area contributed by atoms with Crippen molar-refractivity contribution in [2.45, 2.75) is 19.9 Å². The molecule has 0 radical (unpaired) electrons. The normalized spacial score (nSPS) is 10.8. The van der Waals surface area contributed by atoms with Crippen LogP contribution in [0.5, 0.6) is 0 Å². The van der Waals surface area contributed by atoms with Crippen LogP contribution in [0.25, 0.3) is 11.4 Å². The number of hydrogen-bond donors (Lipinski definition) is 1. The summed E-state index contributed by atoms with van der Waals surface area (Å²) in [5.41, 5.74) is 7.43. The minimum absolute atomic E-state index is 0.668. The van der Waals surface area contributed by atoms with E-state index in [1.54, 1.807) is 4.68 Å². The van der Waals surface area contributed by atoms with E-state index in [9.17, 15) is 0 Å². The van der Waals surface area contributed by atoms with Crippen LogP contribution in [0.4, 0.5) is 5.69 Å². The summed E-state index contributed by atoms with van der Waals surface area (Å²) >= 11 is 3.47. The average molecular weight is 326 g/mol. The zero-order valence-corrected chi connectivity index (χ0v) is 12.3. The molecule has 0 aliphatic carbocycles. The Labute approximate surface area is 120 Å². The highest BCUT2D eigenvalue weighted by Gasteiger charge is 2.13. The molecule has 1 aromatic carbocycles. The lowest BCUT2D eigenvalue weighted by Crippen LogP contribution is -2.06. The van der Waals surface area contributed by atoms with Crippen molar-refractivity contribution in [3.63, 3.8) is 0 Å². The highest BCUT2D eigenvalue weighted by Crippen LogP contribution is 2.30. The van der Waals surface area contributed by atoms with E-state index in [2.05, 4.69) is 31.5 Å². The smallest absolute Gasteiger partial charge is 0.183 e. The molecule has 0 aliphatic rings. The van der Waals surface area contributed by atoms with Crippen molar-refractivity contribution in [3.8, 4) is 11.4 Å². The number of aryl methyl sites for hydroxylation is 1. The predicted octanol–water partition coefficient (Wildman–Crippen LogP) is 2.11. The van der Waals surface area contributed by atoms with E-state index >= 15 is 0 Å². The molecule has 0 amide bonds. The Morgan fingerprint density at radius 1 is 1.42 bits per heavy atom. The Balaban J connectivity index is 2.17. The van der Waals surface area contributed by atoms with Crippen LogP contribution in [0.15, 0.2) is 22.7 Å². The highest BCUT2D eigenvalue weighted by atomic mass is 79.9. The first-order valence-corrected chi connectivity index (χ1v) is 6.91. The van der Waals surface area contributed by atoms with Gasteiger partial charge in [0.15, 0.2) is 5.82 Å². The molecular formula is C12H16BrN5O. The fourth-order valence-corrected chi connectivity index (χ4v) is 2.17. The molecule has 0 saturated heterocycles. The van der Waals surface area contributed by atoms with Crippen LogP contribution >= 0.6 is 15.9 Å². The lowest BCUT2D eigenvalue weighted by atomic mass is 10.2. The number of nitrogens with two attached hydrogens (primary N) is 1. The lowest BCUT2D eigenvalue weighted by Gasteiger charge is -2.07. The molecule has 0 bridgehead atoms. The molecule has 1 heterocycles. The fraction of sp³-hybridized carbons (Fsp3) is 0.417. The van der Waals surface area contributed by atoms with Crippen LogP contribution in [0.2, 0.25) is 0 Å². The van der Waals surface area contributed by atoms with E-state index < -0.39 is 0 Å². The van der Waals surface area contributed by atoms with E-state index in [0.717, 1.165) is 23.1 Å². The first-order valence-electron chi connectivity index (χ1n) is 6.12. The third-order valence-electron chi connectivity index (χ3n) is 2.66. The van der Waals surface area contributed by atoms with Gasteiger partial charge in [0.25, 0.3) is 0 Å². The molecule has 1 aromatic heterocycles. The standard InChI is InChI=1S/C12H16BrN5O/c1-2-19-8-4-7-18-12(15-16-17-18)9-5-3-6-10(14)11(9)13/h3,5-6H,2,4,7-8,14H2,1H3. The van der Waals surface area contributed by atoms with Gasteiger partial charge >= 0.3 is 0 Å². The van der Waals surface area contributed by atoms with Crippen LogP contribution < -0.4 is 5.73 Å². The molecule has 102 valence electrons. The number of rotatable bonds is 6. The number of ether oxygens (including phenoxy) is 1. The molecule has 6 nitrogen and oxygen atoms in total.